The summed E-state index contributed by atoms with van der Waals surface area (Å²) >= 11 is 1.80. The highest BCUT2D eigenvalue weighted by atomic mass is 32.1. The fourth-order valence-corrected chi connectivity index (χ4v) is 8.27. The molecule has 0 fully saturated rings. The molecule has 0 aliphatic rings. The third-order valence-corrected chi connectivity index (χ3v) is 10.4. The average Bonchev–Trinajstić information content (AvgIpc) is 3.70. The van der Waals surface area contributed by atoms with E-state index in [0.29, 0.717) is 17.5 Å². The first-order chi connectivity index (χ1) is 23.8. The molecule has 0 radical (unpaired) electrons. The monoisotopic (exact) mass is 630 g/mol. The Kier molecular flexibility index (Phi) is 6.01. The van der Waals surface area contributed by atoms with Gasteiger partial charge in [0.2, 0.25) is 0 Å². The molecule has 0 atom stereocenters. The van der Waals surface area contributed by atoms with E-state index in [4.69, 9.17) is 15.0 Å². The molecule has 0 saturated carbocycles. The van der Waals surface area contributed by atoms with E-state index in [1.165, 1.54) is 30.9 Å². The summed E-state index contributed by atoms with van der Waals surface area (Å²) < 4.78 is 4.86. The number of aromatic nitrogens is 4. The van der Waals surface area contributed by atoms with Gasteiger partial charge in [-0.2, -0.15) is 0 Å². The van der Waals surface area contributed by atoms with Crippen LogP contribution in [0.1, 0.15) is 0 Å². The van der Waals surface area contributed by atoms with Crippen LogP contribution in [-0.2, 0) is 0 Å². The Hall–Kier alpha value is -6.17. The Morgan fingerprint density at radius 3 is 1.75 bits per heavy atom. The number of para-hydroxylation sites is 2. The van der Waals surface area contributed by atoms with Crippen molar-refractivity contribution >= 4 is 64.1 Å². The summed E-state index contributed by atoms with van der Waals surface area (Å²) in [4.78, 5) is 15.7. The minimum absolute atomic E-state index is 0.637. The number of thiophene rings is 1. The largest absolute Gasteiger partial charge is 0.308 e. The van der Waals surface area contributed by atoms with Crippen LogP contribution in [0.4, 0.5) is 0 Å². The molecule has 0 aliphatic heterocycles. The minimum atomic E-state index is 0.637. The van der Waals surface area contributed by atoms with Crippen LogP contribution < -0.4 is 0 Å². The van der Waals surface area contributed by atoms with E-state index in [2.05, 4.69) is 144 Å². The maximum Gasteiger partial charge on any atom is 0.166 e. The molecule has 5 heteroatoms. The predicted molar refractivity (Wildman–Crippen MR) is 201 cm³/mol. The second-order valence-corrected chi connectivity index (χ2v) is 13.1. The summed E-state index contributed by atoms with van der Waals surface area (Å²) in [6.07, 6.45) is 0. The van der Waals surface area contributed by atoms with Crippen molar-refractivity contribution in [2.75, 3.05) is 0 Å². The Morgan fingerprint density at radius 1 is 0.396 bits per heavy atom. The molecule has 0 bridgehead atoms. The lowest BCUT2D eigenvalue weighted by Gasteiger charge is -2.17. The number of rotatable bonds is 4. The Morgan fingerprint density at radius 2 is 0.979 bits per heavy atom. The Bertz CT molecular complexity index is 2800. The smallest absolute Gasteiger partial charge is 0.166 e. The molecule has 0 aliphatic carbocycles. The van der Waals surface area contributed by atoms with Gasteiger partial charge in [-0.05, 0) is 35.7 Å². The van der Waals surface area contributed by atoms with Crippen LogP contribution in [0.25, 0.3) is 92.6 Å². The highest BCUT2D eigenvalue weighted by molar-refractivity contribution is 7.25. The van der Waals surface area contributed by atoms with E-state index in [-0.39, 0.29) is 0 Å². The highest BCUT2D eigenvalue weighted by Crippen LogP contribution is 2.42. The van der Waals surface area contributed by atoms with Crippen molar-refractivity contribution in [3.8, 4) is 39.9 Å². The Balaban J connectivity index is 1.33. The topological polar surface area (TPSA) is 43.6 Å². The second-order valence-electron chi connectivity index (χ2n) is 12.0. The van der Waals surface area contributed by atoms with Crippen LogP contribution in [0.5, 0.6) is 0 Å². The number of fused-ring (bicyclic) bond motifs is 7. The van der Waals surface area contributed by atoms with Crippen LogP contribution >= 0.6 is 11.3 Å². The van der Waals surface area contributed by atoms with Crippen LogP contribution in [-0.4, -0.2) is 19.5 Å². The molecular formula is C43H26N4S. The molecule has 10 aromatic rings. The normalized spacial score (nSPS) is 11.8. The van der Waals surface area contributed by atoms with Crippen molar-refractivity contribution < 1.29 is 0 Å². The van der Waals surface area contributed by atoms with Crippen molar-refractivity contribution in [3.05, 3.63) is 158 Å². The first kappa shape index (κ1) is 27.0. The molecule has 224 valence electrons. The summed E-state index contributed by atoms with van der Waals surface area (Å²) in [5, 5.41) is 7.11. The quantitative estimate of drug-likeness (QED) is 0.194. The van der Waals surface area contributed by atoms with E-state index < -0.39 is 0 Å². The standard InChI is InChI=1S/C43H26N4S/c1-2-14-28(15-3-1)41-44-42(33-20-12-24-38-39(33)32-19-8-11-23-37(32)48-38)46-43(45-41)34-26-25-27-13-4-5-16-29(27)40(34)47-35-21-9-6-17-30(35)31-18-7-10-22-36(31)47/h1-26H. The lowest BCUT2D eigenvalue weighted by Crippen LogP contribution is -2.04. The third-order valence-electron chi connectivity index (χ3n) is 9.26. The number of benzene rings is 7. The number of nitrogens with zero attached hydrogens (tertiary/aromatic N) is 4. The molecule has 48 heavy (non-hydrogen) atoms. The summed E-state index contributed by atoms with van der Waals surface area (Å²) in [5.74, 6) is 1.95. The zero-order valence-electron chi connectivity index (χ0n) is 25.7. The van der Waals surface area contributed by atoms with E-state index in [9.17, 15) is 0 Å². The van der Waals surface area contributed by atoms with Gasteiger partial charge in [0.05, 0.1) is 16.7 Å². The fourth-order valence-electron chi connectivity index (χ4n) is 7.13. The van der Waals surface area contributed by atoms with E-state index in [1.54, 1.807) is 11.3 Å². The van der Waals surface area contributed by atoms with Gasteiger partial charge in [-0.1, -0.05) is 127 Å². The summed E-state index contributed by atoms with van der Waals surface area (Å²) in [6, 6.07) is 55.5. The molecule has 0 N–H and O–H groups in total. The molecule has 10 rings (SSSR count). The zero-order chi connectivity index (χ0) is 31.6. The maximum absolute atomic E-state index is 5.34. The third kappa shape index (κ3) is 4.11. The van der Waals surface area contributed by atoms with E-state index in [0.717, 1.165) is 44.2 Å². The van der Waals surface area contributed by atoms with Crippen LogP contribution in [0, 0.1) is 0 Å². The summed E-state index contributed by atoms with van der Waals surface area (Å²) in [7, 11) is 0. The van der Waals surface area contributed by atoms with Crippen molar-refractivity contribution in [3.63, 3.8) is 0 Å². The van der Waals surface area contributed by atoms with Gasteiger partial charge in [0.1, 0.15) is 0 Å². The maximum atomic E-state index is 5.34. The van der Waals surface area contributed by atoms with Crippen molar-refractivity contribution in [2.24, 2.45) is 0 Å². The van der Waals surface area contributed by atoms with Gasteiger partial charge < -0.3 is 4.57 Å². The van der Waals surface area contributed by atoms with Gasteiger partial charge in [0, 0.05) is 53.0 Å². The van der Waals surface area contributed by atoms with Crippen molar-refractivity contribution in [1.29, 1.82) is 0 Å². The molecule has 0 amide bonds. The summed E-state index contributed by atoms with van der Waals surface area (Å²) in [6.45, 7) is 0. The number of hydrogen-bond donors (Lipinski definition) is 0. The SMILES string of the molecule is c1ccc(-c2nc(-c3ccc4ccccc4c3-n3c4ccccc4c4ccccc43)nc(-c3cccc4sc5ccccc5c34)n2)cc1. The van der Waals surface area contributed by atoms with Gasteiger partial charge >= 0.3 is 0 Å². The second kappa shape index (κ2) is 10.7. The summed E-state index contributed by atoms with van der Waals surface area (Å²) in [5.41, 5.74) is 6.24. The van der Waals surface area contributed by atoms with Crippen LogP contribution in [0.2, 0.25) is 0 Å². The molecule has 4 nitrogen and oxygen atoms in total. The first-order valence-corrected chi connectivity index (χ1v) is 16.9. The van der Waals surface area contributed by atoms with Gasteiger partial charge in [0.25, 0.3) is 0 Å². The first-order valence-electron chi connectivity index (χ1n) is 16.0. The van der Waals surface area contributed by atoms with Crippen molar-refractivity contribution in [1.82, 2.24) is 19.5 Å². The average molecular weight is 631 g/mol. The molecule has 0 unspecified atom stereocenters. The molecular weight excluding hydrogens is 605 g/mol. The molecule has 3 aromatic heterocycles. The molecule has 7 aromatic carbocycles. The van der Waals surface area contributed by atoms with E-state index >= 15 is 0 Å². The zero-order valence-corrected chi connectivity index (χ0v) is 26.5. The van der Waals surface area contributed by atoms with Gasteiger partial charge in [0.15, 0.2) is 17.5 Å². The fraction of sp³-hybridized carbons (Fsp3) is 0. The van der Waals surface area contributed by atoms with Crippen LogP contribution in [0.3, 0.4) is 0 Å². The van der Waals surface area contributed by atoms with Gasteiger partial charge in [-0.25, -0.2) is 15.0 Å². The molecule has 3 heterocycles. The lowest BCUT2D eigenvalue weighted by atomic mass is 10.0. The van der Waals surface area contributed by atoms with Crippen molar-refractivity contribution in [2.45, 2.75) is 0 Å². The van der Waals surface area contributed by atoms with Gasteiger partial charge in [-0.15, -0.1) is 11.3 Å². The number of hydrogen-bond acceptors (Lipinski definition) is 4. The minimum Gasteiger partial charge on any atom is -0.308 e. The molecule has 0 spiro atoms. The Labute approximate surface area is 280 Å². The van der Waals surface area contributed by atoms with Crippen LogP contribution in [0.15, 0.2) is 158 Å². The lowest BCUT2D eigenvalue weighted by molar-refractivity contribution is 1.07. The predicted octanol–water partition coefficient (Wildman–Crippen LogP) is 11.5. The molecule has 0 saturated heterocycles. The van der Waals surface area contributed by atoms with E-state index in [1.807, 2.05) is 18.2 Å². The van der Waals surface area contributed by atoms with Gasteiger partial charge in [-0.3, -0.25) is 0 Å². The highest BCUT2D eigenvalue weighted by Gasteiger charge is 2.22.